The Morgan fingerprint density at radius 2 is 2.38 bits per heavy atom. The minimum atomic E-state index is 0.0644. The zero-order chi connectivity index (χ0) is 9.68. The molecule has 13 heavy (non-hydrogen) atoms. The molecular weight excluding hydrogens is 162 g/mol. The molecule has 1 radical (unpaired) electrons. The van der Waals surface area contributed by atoms with Crippen LogP contribution in [0.25, 0.3) is 0 Å². The first-order valence-corrected chi connectivity index (χ1v) is 4.43. The van der Waals surface area contributed by atoms with Crippen molar-refractivity contribution in [3.63, 3.8) is 0 Å². The van der Waals surface area contributed by atoms with Crippen molar-refractivity contribution in [2.24, 2.45) is 0 Å². The van der Waals surface area contributed by atoms with Crippen molar-refractivity contribution >= 4 is 5.91 Å². The Kier molecular flexibility index (Phi) is 3.50. The van der Waals surface area contributed by atoms with Crippen LogP contribution in [0.1, 0.15) is 19.4 Å². The minimum absolute atomic E-state index is 0.0644. The molecule has 2 heteroatoms. The van der Waals surface area contributed by atoms with Crippen LogP contribution in [0.5, 0.6) is 0 Å². The van der Waals surface area contributed by atoms with E-state index in [0.717, 1.165) is 5.56 Å². The SMILES string of the molecule is CC(C)NC(=O)Cc1c[c]ccc1. The Hall–Kier alpha value is -1.31. The number of carbonyl (C=O) groups excluding carboxylic acids is 1. The molecule has 0 saturated carbocycles. The van der Waals surface area contributed by atoms with Crippen molar-refractivity contribution in [1.82, 2.24) is 5.32 Å². The smallest absolute Gasteiger partial charge is 0.224 e. The van der Waals surface area contributed by atoms with Crippen LogP contribution in [0, 0.1) is 6.07 Å². The second-order valence-corrected chi connectivity index (χ2v) is 3.31. The summed E-state index contributed by atoms with van der Waals surface area (Å²) in [6.07, 6.45) is 0.440. The van der Waals surface area contributed by atoms with Gasteiger partial charge in [-0.2, -0.15) is 0 Å². The molecule has 0 atom stereocenters. The van der Waals surface area contributed by atoms with Gasteiger partial charge in [0.15, 0.2) is 0 Å². The highest BCUT2D eigenvalue weighted by atomic mass is 16.1. The first-order chi connectivity index (χ1) is 6.18. The van der Waals surface area contributed by atoms with Crippen molar-refractivity contribution in [2.75, 3.05) is 0 Å². The number of rotatable bonds is 3. The van der Waals surface area contributed by atoms with E-state index >= 15 is 0 Å². The second-order valence-electron chi connectivity index (χ2n) is 3.31. The maximum Gasteiger partial charge on any atom is 0.224 e. The molecule has 0 aromatic heterocycles. The average Bonchev–Trinajstić information content (AvgIpc) is 2.04. The average molecular weight is 176 g/mol. The molecule has 0 aliphatic heterocycles. The monoisotopic (exact) mass is 176 g/mol. The van der Waals surface area contributed by atoms with Crippen molar-refractivity contribution in [3.05, 3.63) is 35.9 Å². The fourth-order valence-electron chi connectivity index (χ4n) is 1.10. The van der Waals surface area contributed by atoms with Gasteiger partial charge >= 0.3 is 0 Å². The minimum Gasteiger partial charge on any atom is -0.354 e. The third-order valence-electron chi connectivity index (χ3n) is 1.59. The predicted molar refractivity (Wildman–Crippen MR) is 52.3 cm³/mol. The molecule has 1 rings (SSSR count). The molecule has 2 nitrogen and oxygen atoms in total. The van der Waals surface area contributed by atoms with E-state index in [2.05, 4.69) is 11.4 Å². The molecule has 1 aromatic carbocycles. The lowest BCUT2D eigenvalue weighted by Gasteiger charge is -2.07. The van der Waals surface area contributed by atoms with E-state index in [1.807, 2.05) is 38.1 Å². The maximum atomic E-state index is 11.3. The fourth-order valence-corrected chi connectivity index (χ4v) is 1.10. The summed E-state index contributed by atoms with van der Waals surface area (Å²) in [5.74, 6) is 0.0644. The van der Waals surface area contributed by atoms with Crippen LogP contribution >= 0.6 is 0 Å². The lowest BCUT2D eigenvalue weighted by atomic mass is 10.1. The van der Waals surface area contributed by atoms with Gasteiger partial charge in [0, 0.05) is 6.04 Å². The van der Waals surface area contributed by atoms with E-state index in [9.17, 15) is 4.79 Å². The van der Waals surface area contributed by atoms with Crippen LogP contribution in [0.3, 0.4) is 0 Å². The normalized spacial score (nSPS) is 10.1. The summed E-state index contributed by atoms with van der Waals surface area (Å²) in [5.41, 5.74) is 1.00. The molecule has 0 aliphatic carbocycles. The van der Waals surface area contributed by atoms with Crippen LogP contribution in [-0.2, 0) is 11.2 Å². The van der Waals surface area contributed by atoms with Crippen LogP contribution < -0.4 is 5.32 Å². The first kappa shape index (κ1) is 9.78. The number of nitrogens with one attached hydrogen (secondary N) is 1. The van der Waals surface area contributed by atoms with Gasteiger partial charge < -0.3 is 5.32 Å². The van der Waals surface area contributed by atoms with Crippen molar-refractivity contribution in [2.45, 2.75) is 26.3 Å². The van der Waals surface area contributed by atoms with Crippen LogP contribution in [0.2, 0.25) is 0 Å². The zero-order valence-corrected chi connectivity index (χ0v) is 8.00. The molecule has 1 aromatic rings. The van der Waals surface area contributed by atoms with E-state index in [1.165, 1.54) is 0 Å². The molecule has 69 valence electrons. The summed E-state index contributed by atoms with van der Waals surface area (Å²) in [6.45, 7) is 3.91. The van der Waals surface area contributed by atoms with E-state index in [4.69, 9.17) is 0 Å². The van der Waals surface area contributed by atoms with Crippen molar-refractivity contribution in [1.29, 1.82) is 0 Å². The molecule has 0 spiro atoms. The summed E-state index contributed by atoms with van der Waals surface area (Å²) in [6, 6.07) is 10.6. The Morgan fingerprint density at radius 3 is 2.92 bits per heavy atom. The summed E-state index contributed by atoms with van der Waals surface area (Å²) in [4.78, 5) is 11.3. The van der Waals surface area contributed by atoms with Gasteiger partial charge in [-0.3, -0.25) is 4.79 Å². The van der Waals surface area contributed by atoms with E-state index < -0.39 is 0 Å². The van der Waals surface area contributed by atoms with E-state index in [-0.39, 0.29) is 11.9 Å². The van der Waals surface area contributed by atoms with Gasteiger partial charge in [0.1, 0.15) is 0 Å². The topological polar surface area (TPSA) is 29.1 Å². The van der Waals surface area contributed by atoms with Gasteiger partial charge in [-0.1, -0.05) is 24.3 Å². The highest BCUT2D eigenvalue weighted by Gasteiger charge is 2.03. The van der Waals surface area contributed by atoms with Gasteiger partial charge in [-0.05, 0) is 25.5 Å². The lowest BCUT2D eigenvalue weighted by molar-refractivity contribution is -0.120. The quantitative estimate of drug-likeness (QED) is 0.744. The lowest BCUT2D eigenvalue weighted by Crippen LogP contribution is -2.31. The molecular formula is C11H14NO. The molecule has 1 amide bonds. The summed E-state index contributed by atoms with van der Waals surface area (Å²) in [7, 11) is 0. The third-order valence-corrected chi connectivity index (χ3v) is 1.59. The third kappa shape index (κ3) is 3.74. The predicted octanol–water partition coefficient (Wildman–Crippen LogP) is 1.55. The highest BCUT2D eigenvalue weighted by Crippen LogP contribution is 1.98. The van der Waals surface area contributed by atoms with Gasteiger partial charge in [0.05, 0.1) is 6.42 Å². The van der Waals surface area contributed by atoms with Gasteiger partial charge in [0.2, 0.25) is 5.91 Å². The summed E-state index contributed by atoms with van der Waals surface area (Å²) >= 11 is 0. The van der Waals surface area contributed by atoms with Gasteiger partial charge in [0.25, 0.3) is 0 Å². The van der Waals surface area contributed by atoms with E-state index in [1.54, 1.807) is 0 Å². The molecule has 1 N–H and O–H groups in total. The zero-order valence-electron chi connectivity index (χ0n) is 8.00. The largest absolute Gasteiger partial charge is 0.354 e. The molecule has 0 bridgehead atoms. The molecule has 0 aliphatic rings. The number of hydrogen-bond donors (Lipinski definition) is 1. The number of hydrogen-bond acceptors (Lipinski definition) is 1. The molecule has 0 heterocycles. The Labute approximate surface area is 79.0 Å². The Morgan fingerprint density at radius 1 is 1.62 bits per heavy atom. The van der Waals surface area contributed by atoms with Crippen LogP contribution in [-0.4, -0.2) is 11.9 Å². The van der Waals surface area contributed by atoms with Crippen molar-refractivity contribution in [3.8, 4) is 0 Å². The molecule has 0 unspecified atom stereocenters. The Bertz CT molecular complexity index is 267. The van der Waals surface area contributed by atoms with E-state index in [0.29, 0.717) is 6.42 Å². The number of carbonyl (C=O) groups is 1. The molecule has 0 fully saturated rings. The summed E-state index contributed by atoms with van der Waals surface area (Å²) in [5, 5.41) is 2.84. The van der Waals surface area contributed by atoms with Crippen molar-refractivity contribution < 1.29 is 4.79 Å². The highest BCUT2D eigenvalue weighted by molar-refractivity contribution is 5.78. The number of amides is 1. The number of benzene rings is 1. The van der Waals surface area contributed by atoms with Gasteiger partial charge in [-0.15, -0.1) is 0 Å². The van der Waals surface area contributed by atoms with Gasteiger partial charge in [-0.25, -0.2) is 0 Å². The van der Waals surface area contributed by atoms with Crippen LogP contribution in [0.15, 0.2) is 24.3 Å². The maximum absolute atomic E-state index is 11.3. The first-order valence-electron chi connectivity index (χ1n) is 4.43. The Balaban J connectivity index is 2.46. The standard InChI is InChI=1S/C11H14NO/c1-9(2)12-11(13)8-10-6-4-3-5-7-10/h3-4,6-7,9H,8H2,1-2H3,(H,12,13). The molecule has 0 saturated heterocycles. The fraction of sp³-hybridized carbons (Fsp3) is 0.364. The summed E-state index contributed by atoms with van der Waals surface area (Å²) < 4.78 is 0. The van der Waals surface area contributed by atoms with Crippen LogP contribution in [0.4, 0.5) is 0 Å². The second kappa shape index (κ2) is 4.65.